The number of rotatable bonds is 8. The van der Waals surface area contributed by atoms with Gasteiger partial charge in [0.05, 0.1) is 19.3 Å². The van der Waals surface area contributed by atoms with Gasteiger partial charge in [0.25, 0.3) is 5.91 Å². The molecule has 1 amide bonds. The van der Waals surface area contributed by atoms with Gasteiger partial charge in [-0.3, -0.25) is 14.5 Å². The third-order valence-corrected chi connectivity index (χ3v) is 5.22. The van der Waals surface area contributed by atoms with E-state index in [9.17, 15) is 9.59 Å². The molecule has 0 spiro atoms. The van der Waals surface area contributed by atoms with Gasteiger partial charge in [-0.15, -0.1) is 0 Å². The first-order valence-corrected chi connectivity index (χ1v) is 9.99. The number of ketones is 1. The van der Waals surface area contributed by atoms with Crippen molar-refractivity contribution in [2.75, 3.05) is 39.5 Å². The first kappa shape index (κ1) is 21.3. The van der Waals surface area contributed by atoms with Crippen LogP contribution in [-0.2, 0) is 9.53 Å². The molecule has 0 saturated carbocycles. The molecule has 3 rings (SSSR count). The molecule has 1 atom stereocenters. The average molecular weight is 417 g/mol. The number of benzene rings is 2. The average Bonchev–Trinajstić information content (AvgIpc) is 2.74. The highest BCUT2D eigenvalue weighted by atomic mass is 35.5. The number of carbonyl (C=O) groups is 2. The molecule has 6 nitrogen and oxygen atoms in total. The van der Waals surface area contributed by atoms with Crippen molar-refractivity contribution < 1.29 is 19.1 Å². The number of morpholine rings is 1. The quantitative estimate of drug-likeness (QED) is 0.670. The fraction of sp³-hybridized carbons (Fsp3) is 0.364. The molecule has 1 aliphatic rings. The lowest BCUT2D eigenvalue weighted by Crippen LogP contribution is -2.44. The van der Waals surface area contributed by atoms with Gasteiger partial charge in [0.15, 0.2) is 12.4 Å². The Morgan fingerprint density at radius 2 is 1.83 bits per heavy atom. The summed E-state index contributed by atoms with van der Waals surface area (Å²) in [5.41, 5.74) is 1.59. The molecule has 1 N–H and O–H groups in total. The number of halogens is 1. The zero-order chi connectivity index (χ0) is 20.6. The predicted octanol–water partition coefficient (Wildman–Crippen LogP) is 3.11. The summed E-state index contributed by atoms with van der Waals surface area (Å²) in [5, 5.41) is 3.63. The molecular weight excluding hydrogens is 392 g/mol. The summed E-state index contributed by atoms with van der Waals surface area (Å²) in [6.07, 6.45) is 0. The van der Waals surface area contributed by atoms with Crippen molar-refractivity contribution in [2.24, 2.45) is 0 Å². The fourth-order valence-corrected chi connectivity index (χ4v) is 3.53. The topological polar surface area (TPSA) is 67.9 Å². The van der Waals surface area contributed by atoms with Crippen molar-refractivity contribution in [3.05, 3.63) is 64.7 Å². The molecular formula is C22H25ClN2O4. The molecule has 2 aromatic rings. The lowest BCUT2D eigenvalue weighted by Gasteiger charge is -2.35. The number of ether oxygens (including phenoxy) is 2. The standard InChI is InChI=1S/C22H25ClN2O4/c1-16(26)17-6-8-18(9-7-17)29-15-22(27)24-14-21(25-10-12-28-13-11-25)19-4-2-3-5-20(19)23/h2-9,21H,10-15H2,1H3,(H,24,27). The minimum Gasteiger partial charge on any atom is -0.484 e. The van der Waals surface area contributed by atoms with Crippen molar-refractivity contribution in [3.63, 3.8) is 0 Å². The first-order chi connectivity index (χ1) is 14.0. The Morgan fingerprint density at radius 3 is 2.48 bits per heavy atom. The van der Waals surface area contributed by atoms with Crippen LogP contribution in [0.2, 0.25) is 5.02 Å². The molecule has 154 valence electrons. The number of amides is 1. The Bertz CT molecular complexity index is 835. The molecule has 1 heterocycles. The van der Waals surface area contributed by atoms with E-state index in [1.54, 1.807) is 24.3 Å². The Labute approximate surface area is 175 Å². The van der Waals surface area contributed by atoms with Crippen molar-refractivity contribution >= 4 is 23.3 Å². The van der Waals surface area contributed by atoms with Crippen molar-refractivity contribution in [3.8, 4) is 5.75 Å². The van der Waals surface area contributed by atoms with Crippen LogP contribution in [0, 0.1) is 0 Å². The maximum atomic E-state index is 12.3. The van der Waals surface area contributed by atoms with Crippen LogP contribution >= 0.6 is 11.6 Å². The molecule has 2 aromatic carbocycles. The van der Waals surface area contributed by atoms with Crippen LogP contribution in [0.25, 0.3) is 0 Å². The van der Waals surface area contributed by atoms with Gasteiger partial charge in [-0.05, 0) is 42.8 Å². The summed E-state index contributed by atoms with van der Waals surface area (Å²) in [6, 6.07) is 14.4. The third kappa shape index (κ3) is 6.03. The Morgan fingerprint density at radius 1 is 1.14 bits per heavy atom. The summed E-state index contributed by atoms with van der Waals surface area (Å²) in [4.78, 5) is 25.9. The van der Waals surface area contributed by atoms with Crippen LogP contribution in [0.5, 0.6) is 5.75 Å². The van der Waals surface area contributed by atoms with Crippen molar-refractivity contribution in [2.45, 2.75) is 13.0 Å². The second-order valence-electron chi connectivity index (χ2n) is 6.86. The molecule has 1 saturated heterocycles. The second kappa shape index (κ2) is 10.4. The van der Waals surface area contributed by atoms with E-state index in [-0.39, 0.29) is 24.3 Å². The van der Waals surface area contributed by atoms with E-state index in [2.05, 4.69) is 10.2 Å². The lowest BCUT2D eigenvalue weighted by molar-refractivity contribution is -0.123. The smallest absolute Gasteiger partial charge is 0.258 e. The van der Waals surface area contributed by atoms with E-state index < -0.39 is 0 Å². The fourth-order valence-electron chi connectivity index (χ4n) is 3.27. The summed E-state index contributed by atoms with van der Waals surface area (Å²) in [6.45, 7) is 4.72. The van der Waals surface area contributed by atoms with Gasteiger partial charge in [-0.1, -0.05) is 29.8 Å². The number of carbonyl (C=O) groups excluding carboxylic acids is 2. The van der Waals surface area contributed by atoms with Crippen LogP contribution < -0.4 is 10.1 Å². The lowest BCUT2D eigenvalue weighted by atomic mass is 10.0. The maximum Gasteiger partial charge on any atom is 0.258 e. The highest BCUT2D eigenvalue weighted by Crippen LogP contribution is 2.27. The highest BCUT2D eigenvalue weighted by molar-refractivity contribution is 6.31. The monoisotopic (exact) mass is 416 g/mol. The predicted molar refractivity (Wildman–Crippen MR) is 112 cm³/mol. The SMILES string of the molecule is CC(=O)c1ccc(OCC(=O)NCC(c2ccccc2Cl)N2CCOCC2)cc1. The van der Waals surface area contributed by atoms with Crippen LogP contribution in [0.3, 0.4) is 0 Å². The zero-order valence-corrected chi connectivity index (χ0v) is 17.2. The zero-order valence-electron chi connectivity index (χ0n) is 16.4. The van der Waals surface area contributed by atoms with Gasteiger partial charge in [-0.25, -0.2) is 0 Å². The number of nitrogens with zero attached hydrogens (tertiary/aromatic N) is 1. The number of hydrogen-bond acceptors (Lipinski definition) is 5. The molecule has 0 aromatic heterocycles. The summed E-state index contributed by atoms with van der Waals surface area (Å²) in [5.74, 6) is 0.315. The Balaban J connectivity index is 1.57. The third-order valence-electron chi connectivity index (χ3n) is 4.87. The molecule has 1 fully saturated rings. The molecule has 7 heteroatoms. The molecule has 0 aliphatic carbocycles. The Kier molecular flexibility index (Phi) is 7.63. The number of hydrogen-bond donors (Lipinski definition) is 1. The first-order valence-electron chi connectivity index (χ1n) is 9.61. The van der Waals surface area contributed by atoms with Gasteiger partial charge in [-0.2, -0.15) is 0 Å². The van der Waals surface area contributed by atoms with Crippen LogP contribution in [-0.4, -0.2) is 56.0 Å². The molecule has 29 heavy (non-hydrogen) atoms. The van der Waals surface area contributed by atoms with E-state index in [1.807, 2.05) is 24.3 Å². The molecule has 1 unspecified atom stereocenters. The van der Waals surface area contributed by atoms with Crippen molar-refractivity contribution in [1.82, 2.24) is 10.2 Å². The molecule has 0 bridgehead atoms. The van der Waals surface area contributed by atoms with Gasteiger partial charge < -0.3 is 14.8 Å². The van der Waals surface area contributed by atoms with E-state index in [0.29, 0.717) is 36.1 Å². The van der Waals surface area contributed by atoms with Gasteiger partial charge in [0.1, 0.15) is 5.75 Å². The van der Waals surface area contributed by atoms with Crippen LogP contribution in [0.4, 0.5) is 0 Å². The van der Waals surface area contributed by atoms with E-state index in [0.717, 1.165) is 18.7 Å². The molecule has 1 aliphatic heterocycles. The number of Topliss-reactive ketones (excluding diaryl/α,β-unsaturated/α-hetero) is 1. The van der Waals surface area contributed by atoms with Crippen LogP contribution in [0.1, 0.15) is 28.9 Å². The largest absolute Gasteiger partial charge is 0.484 e. The van der Waals surface area contributed by atoms with Crippen LogP contribution in [0.15, 0.2) is 48.5 Å². The highest BCUT2D eigenvalue weighted by Gasteiger charge is 2.24. The number of nitrogens with one attached hydrogen (secondary N) is 1. The van der Waals surface area contributed by atoms with Gasteiger partial charge in [0, 0.05) is 30.2 Å². The summed E-state index contributed by atoms with van der Waals surface area (Å²) in [7, 11) is 0. The van der Waals surface area contributed by atoms with Gasteiger partial charge >= 0.3 is 0 Å². The second-order valence-corrected chi connectivity index (χ2v) is 7.27. The minimum atomic E-state index is -0.217. The van der Waals surface area contributed by atoms with Crippen molar-refractivity contribution in [1.29, 1.82) is 0 Å². The maximum absolute atomic E-state index is 12.3. The van der Waals surface area contributed by atoms with E-state index in [4.69, 9.17) is 21.1 Å². The van der Waals surface area contributed by atoms with Gasteiger partial charge in [0.2, 0.25) is 0 Å². The van der Waals surface area contributed by atoms with E-state index in [1.165, 1.54) is 6.92 Å². The summed E-state index contributed by atoms with van der Waals surface area (Å²) < 4.78 is 11.0. The Hall–Kier alpha value is -2.41. The minimum absolute atomic E-state index is 0.0111. The molecule has 0 radical (unpaired) electrons. The summed E-state index contributed by atoms with van der Waals surface area (Å²) >= 11 is 6.41. The van der Waals surface area contributed by atoms with E-state index >= 15 is 0 Å². The normalized spacial score (nSPS) is 15.5.